The third-order valence-corrected chi connectivity index (χ3v) is 9.67. The van der Waals surface area contributed by atoms with Gasteiger partial charge in [-0.05, 0) is 93.9 Å². The van der Waals surface area contributed by atoms with Gasteiger partial charge in [0.15, 0.2) is 35.1 Å². The molecule has 1 aliphatic rings. The molecule has 0 radical (unpaired) electrons. The number of hydrogen-bond donors (Lipinski definition) is 0. The van der Waals surface area contributed by atoms with Crippen LogP contribution in [0.3, 0.4) is 0 Å². The molecule has 6 aromatic rings. The van der Waals surface area contributed by atoms with Gasteiger partial charge in [0.05, 0.1) is 11.2 Å². The number of hydrogen-bond acceptors (Lipinski definition) is 10. The molecule has 7 rings (SSSR count). The van der Waals surface area contributed by atoms with Crippen molar-refractivity contribution in [2.24, 2.45) is 0 Å². The van der Waals surface area contributed by atoms with Gasteiger partial charge in [-0.2, -0.15) is 26.3 Å². The Bertz CT molecular complexity index is 2490. The van der Waals surface area contributed by atoms with Crippen LogP contribution in [0.1, 0.15) is 80.9 Å². The molecule has 12 nitrogen and oxygen atoms in total. The molecule has 0 aliphatic carbocycles. The predicted molar refractivity (Wildman–Crippen MR) is 212 cm³/mol. The summed E-state index contributed by atoms with van der Waals surface area (Å²) in [4.78, 5) is 7.16. The van der Waals surface area contributed by atoms with Crippen LogP contribution in [0.15, 0.2) is 65.7 Å². The van der Waals surface area contributed by atoms with Gasteiger partial charge in [-0.15, -0.1) is 20.4 Å². The summed E-state index contributed by atoms with van der Waals surface area (Å²) in [6.45, 7) is 8.83. The van der Waals surface area contributed by atoms with Crippen LogP contribution < -0.4 is 14.9 Å². The van der Waals surface area contributed by atoms with Gasteiger partial charge in [0.1, 0.15) is 0 Å². The number of pyridine rings is 4. The van der Waals surface area contributed by atoms with Gasteiger partial charge in [0.2, 0.25) is 11.6 Å². The summed E-state index contributed by atoms with van der Waals surface area (Å²) < 4.78 is 177. The molecule has 1 fully saturated rings. The molecule has 0 spiro atoms. The molecular formula is C38H40BBrF12N8O4. The summed E-state index contributed by atoms with van der Waals surface area (Å²) >= 11 is 3.18. The topological polar surface area (TPSA) is 123 Å². The molecule has 0 bridgehead atoms. The minimum Gasteiger partial charge on any atom is -0.463 e. The summed E-state index contributed by atoms with van der Waals surface area (Å²) in [6.07, 6.45) is -14.1. The van der Waals surface area contributed by atoms with Crippen LogP contribution in [0.5, 0.6) is 11.8 Å². The Hall–Kier alpha value is -5.24. The second-order valence-corrected chi connectivity index (χ2v) is 15.1. The maximum atomic E-state index is 14.0. The summed E-state index contributed by atoms with van der Waals surface area (Å²) in [5, 5.41) is 13.9. The standard InChI is InChI=1S/C15H10F6N4O.C14H18BF4NO3.C7H4BrF2N3.2CH4/c1-7(15(19,20)21)26-14-10(16)4-9(5-22-14)8-2-3-11-23-24-13(12(17)18)25(11)6-8;1-8(14(17,18)19)21-11-10(16)6-9(7-20-11)15-22-12(2,3)13(4,5)23-15;8-4-1-2-5-11-12-7(6(9)10)13(5)3-4;;/h2-7,12H,1H3;6-8H,1-5H3;1-3,6H;2*1H4/t7-;8-;;;/m11.../s1. The number of rotatable bonds is 8. The van der Waals surface area contributed by atoms with Gasteiger partial charge in [0.25, 0.3) is 24.6 Å². The van der Waals surface area contributed by atoms with E-state index in [4.69, 9.17) is 9.31 Å². The quantitative estimate of drug-likeness (QED) is 0.108. The zero-order chi connectivity index (χ0) is 46.1. The van der Waals surface area contributed by atoms with E-state index < -0.39 is 85.0 Å². The molecule has 2 atom stereocenters. The molecule has 0 N–H and O–H groups in total. The molecule has 6 aromatic heterocycles. The van der Waals surface area contributed by atoms with Gasteiger partial charge < -0.3 is 18.8 Å². The van der Waals surface area contributed by atoms with Crippen molar-refractivity contribution in [2.45, 2.75) is 105 Å². The van der Waals surface area contributed by atoms with Crippen molar-refractivity contribution < 1.29 is 71.5 Å². The predicted octanol–water partition coefficient (Wildman–Crippen LogP) is 10.7. The van der Waals surface area contributed by atoms with Crippen molar-refractivity contribution in [3.63, 3.8) is 0 Å². The fourth-order valence-electron chi connectivity index (χ4n) is 5.03. The molecule has 0 saturated carbocycles. The molecule has 0 aromatic carbocycles. The first-order valence-electron chi connectivity index (χ1n) is 17.7. The van der Waals surface area contributed by atoms with E-state index in [1.54, 1.807) is 12.1 Å². The van der Waals surface area contributed by atoms with Gasteiger partial charge in [-0.25, -0.2) is 36.3 Å². The Morgan fingerprint density at radius 1 is 0.641 bits per heavy atom. The van der Waals surface area contributed by atoms with E-state index in [0.717, 1.165) is 36.6 Å². The zero-order valence-electron chi connectivity index (χ0n) is 32.8. The minimum absolute atomic E-state index is 0. The van der Waals surface area contributed by atoms with Crippen LogP contribution >= 0.6 is 15.9 Å². The van der Waals surface area contributed by atoms with Crippen LogP contribution in [0.2, 0.25) is 0 Å². The Labute approximate surface area is 366 Å². The summed E-state index contributed by atoms with van der Waals surface area (Å²) in [6, 6.07) is 8.10. The van der Waals surface area contributed by atoms with E-state index in [2.05, 4.69) is 55.8 Å². The largest absolute Gasteiger partial charge is 0.496 e. The first kappa shape index (κ1) is 53.1. The van der Waals surface area contributed by atoms with E-state index >= 15 is 0 Å². The summed E-state index contributed by atoms with van der Waals surface area (Å²) in [5.74, 6) is -4.57. The molecule has 26 heteroatoms. The Kier molecular flexibility index (Phi) is 16.8. The lowest BCUT2D eigenvalue weighted by molar-refractivity contribution is -0.190. The Morgan fingerprint density at radius 3 is 1.52 bits per heavy atom. The fraction of sp³-hybridized carbons (Fsp3) is 0.421. The van der Waals surface area contributed by atoms with Crippen molar-refractivity contribution in [3.8, 4) is 22.9 Å². The maximum Gasteiger partial charge on any atom is 0.496 e. The van der Waals surface area contributed by atoms with Crippen LogP contribution in [-0.4, -0.2) is 82.0 Å². The highest BCUT2D eigenvalue weighted by atomic mass is 79.9. The summed E-state index contributed by atoms with van der Waals surface area (Å²) in [5.41, 5.74) is 0.0665. The highest BCUT2D eigenvalue weighted by molar-refractivity contribution is 9.10. The fourth-order valence-corrected chi connectivity index (χ4v) is 5.37. The van der Waals surface area contributed by atoms with E-state index in [0.29, 0.717) is 15.7 Å². The lowest BCUT2D eigenvalue weighted by Gasteiger charge is -2.32. The second kappa shape index (κ2) is 20.3. The molecule has 1 saturated heterocycles. The van der Waals surface area contributed by atoms with E-state index in [1.165, 1.54) is 35.1 Å². The monoisotopic (exact) mass is 990 g/mol. The molecule has 1 aliphatic heterocycles. The number of halogens is 13. The van der Waals surface area contributed by atoms with Crippen LogP contribution in [0.4, 0.5) is 52.7 Å². The van der Waals surface area contributed by atoms with Crippen LogP contribution in [-0.2, 0) is 9.31 Å². The highest BCUT2D eigenvalue weighted by Crippen LogP contribution is 2.37. The van der Waals surface area contributed by atoms with E-state index in [1.807, 2.05) is 27.7 Å². The molecule has 0 unspecified atom stereocenters. The van der Waals surface area contributed by atoms with Gasteiger partial charge in [-0.3, -0.25) is 8.80 Å². The first-order chi connectivity index (χ1) is 28.7. The smallest absolute Gasteiger partial charge is 0.463 e. The van der Waals surface area contributed by atoms with E-state index in [9.17, 15) is 52.7 Å². The van der Waals surface area contributed by atoms with Gasteiger partial charge in [-0.1, -0.05) is 14.9 Å². The van der Waals surface area contributed by atoms with Crippen molar-refractivity contribution in [1.82, 2.24) is 39.2 Å². The molecular weight excluding hydrogens is 951 g/mol. The normalized spacial score (nSPS) is 15.4. The number of aromatic nitrogens is 8. The molecule has 7 heterocycles. The summed E-state index contributed by atoms with van der Waals surface area (Å²) in [7, 11) is -0.851. The minimum atomic E-state index is -4.67. The number of alkyl halides is 10. The number of ether oxygens (including phenoxy) is 2. The highest BCUT2D eigenvalue weighted by Gasteiger charge is 2.52. The van der Waals surface area contributed by atoms with E-state index in [-0.39, 0.29) is 37.4 Å². The number of nitrogens with zero attached hydrogens (tertiary/aromatic N) is 8. The molecule has 350 valence electrons. The van der Waals surface area contributed by atoms with Gasteiger partial charge >= 0.3 is 19.5 Å². The SMILES string of the molecule is C.C.C[C@@H](Oc1ncc(-c2ccc3nnc(C(F)F)n3c2)cc1F)C(F)(F)F.C[C@@H](Oc1ncc(B2OC(C)(C)C(C)(C)O2)cc1F)C(F)(F)F.FC(F)c1nnc2ccc(Br)cn12. The third-order valence-electron chi connectivity index (χ3n) is 9.21. The second-order valence-electron chi connectivity index (χ2n) is 14.2. The third kappa shape index (κ3) is 12.3. The van der Waals surface area contributed by atoms with Crippen molar-refractivity contribution in [1.29, 1.82) is 0 Å². The maximum absolute atomic E-state index is 14.0. The molecule has 64 heavy (non-hydrogen) atoms. The number of fused-ring (bicyclic) bond motifs is 2. The van der Waals surface area contributed by atoms with Crippen LogP contribution in [0.25, 0.3) is 22.4 Å². The van der Waals surface area contributed by atoms with Crippen molar-refractivity contribution in [3.05, 3.63) is 88.9 Å². The lowest BCUT2D eigenvalue weighted by Crippen LogP contribution is -2.41. The Balaban J connectivity index is 0.000000263. The zero-order valence-corrected chi connectivity index (χ0v) is 34.4. The Morgan fingerprint density at radius 2 is 1.08 bits per heavy atom. The van der Waals surface area contributed by atoms with Gasteiger partial charge in [0, 0.05) is 45.8 Å². The average Bonchev–Trinajstić information content (AvgIpc) is 3.85. The van der Waals surface area contributed by atoms with Crippen molar-refractivity contribution >= 4 is 39.8 Å². The first-order valence-corrected chi connectivity index (χ1v) is 18.5. The lowest BCUT2D eigenvalue weighted by atomic mass is 9.80. The van der Waals surface area contributed by atoms with Crippen molar-refractivity contribution in [2.75, 3.05) is 0 Å². The average molecular weight is 991 g/mol. The molecule has 0 amide bonds. The van der Waals surface area contributed by atoms with Crippen LogP contribution in [0, 0.1) is 11.6 Å².